The van der Waals surface area contributed by atoms with Gasteiger partial charge in [-0.2, -0.15) is 0 Å². The van der Waals surface area contributed by atoms with Crippen molar-refractivity contribution in [2.75, 3.05) is 5.32 Å². The number of carboxylic acids is 1. The number of aryl methyl sites for hydroxylation is 1. The molecule has 0 bridgehead atoms. The number of carbonyl (C=O) groups excluding carboxylic acids is 3. The van der Waals surface area contributed by atoms with Gasteiger partial charge in [-0.1, -0.05) is 59.8 Å². The number of amides is 2. The Morgan fingerprint density at radius 3 is 2.28 bits per heavy atom. The summed E-state index contributed by atoms with van der Waals surface area (Å²) in [6.45, 7) is 21.2. The predicted octanol–water partition coefficient (Wildman–Crippen LogP) is 8.11. The average molecular weight is 711 g/mol. The van der Waals surface area contributed by atoms with Gasteiger partial charge in [0.25, 0.3) is 0 Å². The summed E-state index contributed by atoms with van der Waals surface area (Å²) in [7, 11) is 0. The third-order valence-electron chi connectivity index (χ3n) is 14.9. The molecule has 11 heteroatoms. The minimum absolute atomic E-state index is 0.0193. The van der Waals surface area contributed by atoms with E-state index in [9.17, 15) is 24.3 Å². The molecule has 0 saturated heterocycles. The van der Waals surface area contributed by atoms with E-state index in [0.29, 0.717) is 23.4 Å². The van der Waals surface area contributed by atoms with Gasteiger partial charge in [-0.25, -0.2) is 4.79 Å². The number of allylic oxidation sites excluding steroid dienone is 1. The van der Waals surface area contributed by atoms with Gasteiger partial charge in [0.2, 0.25) is 5.13 Å². The molecule has 3 N–H and O–H groups in total. The van der Waals surface area contributed by atoms with Crippen LogP contribution in [0.5, 0.6) is 0 Å². The molecule has 0 aromatic carbocycles. The first kappa shape index (κ1) is 37.0. The number of urea groups is 1. The lowest BCUT2D eigenvalue weighted by Crippen LogP contribution is -2.67. The van der Waals surface area contributed by atoms with Gasteiger partial charge in [0.1, 0.15) is 11.1 Å². The number of ether oxygens (including phenoxy) is 1. The van der Waals surface area contributed by atoms with Crippen molar-refractivity contribution in [3.05, 3.63) is 16.2 Å². The van der Waals surface area contributed by atoms with E-state index in [0.717, 1.165) is 61.9 Å². The summed E-state index contributed by atoms with van der Waals surface area (Å²) in [4.78, 5) is 52.2. The molecule has 3 unspecified atom stereocenters. The van der Waals surface area contributed by atoms with Crippen molar-refractivity contribution in [1.29, 1.82) is 0 Å². The number of Topliss-reactive ketones (excluding diaryl/α,β-unsaturated/α-hetero) is 1. The number of ketones is 1. The number of fused-ring (bicyclic) bond motifs is 7. The molecule has 2 amide bonds. The number of nitrogens with zero attached hydrogens (tertiary/aromatic N) is 2. The van der Waals surface area contributed by atoms with E-state index in [1.165, 1.54) is 16.9 Å². The number of esters is 1. The maximum Gasteiger partial charge on any atom is 0.321 e. The molecule has 0 aliphatic heterocycles. The highest BCUT2D eigenvalue weighted by Crippen LogP contribution is 2.76. The number of aliphatic carboxylic acids is 1. The van der Waals surface area contributed by atoms with Crippen LogP contribution in [0.15, 0.2) is 11.1 Å². The second-order valence-corrected chi connectivity index (χ2v) is 19.9. The molecule has 276 valence electrons. The van der Waals surface area contributed by atoms with Gasteiger partial charge in [-0.15, -0.1) is 10.2 Å². The quantitative estimate of drug-likeness (QED) is 0.241. The van der Waals surface area contributed by atoms with Crippen LogP contribution in [0.1, 0.15) is 132 Å². The van der Waals surface area contributed by atoms with Gasteiger partial charge in [-0.3, -0.25) is 19.7 Å². The zero-order chi connectivity index (χ0) is 36.8. The lowest BCUT2D eigenvalue weighted by atomic mass is 9.33. The van der Waals surface area contributed by atoms with Crippen LogP contribution in [0.3, 0.4) is 0 Å². The lowest BCUT2D eigenvalue weighted by Gasteiger charge is -2.72. The van der Waals surface area contributed by atoms with E-state index in [1.54, 1.807) is 13.8 Å². The minimum Gasteiger partial charge on any atom is -0.481 e. The van der Waals surface area contributed by atoms with Gasteiger partial charge in [0.05, 0.1) is 17.4 Å². The monoisotopic (exact) mass is 710 g/mol. The van der Waals surface area contributed by atoms with E-state index in [2.05, 4.69) is 69.3 Å². The highest BCUT2D eigenvalue weighted by molar-refractivity contribution is 7.15. The highest BCUT2D eigenvalue weighted by atomic mass is 32.1. The zero-order valence-electron chi connectivity index (χ0n) is 31.7. The van der Waals surface area contributed by atoms with Crippen molar-refractivity contribution < 1.29 is 29.0 Å². The fourth-order valence-corrected chi connectivity index (χ4v) is 12.9. The Balaban J connectivity index is 1.28. The van der Waals surface area contributed by atoms with Crippen molar-refractivity contribution in [2.45, 2.75) is 145 Å². The number of anilines is 1. The third kappa shape index (κ3) is 5.54. The molecule has 5 aliphatic carbocycles. The smallest absolute Gasteiger partial charge is 0.321 e. The third-order valence-corrected chi connectivity index (χ3v) is 15.7. The summed E-state index contributed by atoms with van der Waals surface area (Å²) >= 11 is 1.33. The van der Waals surface area contributed by atoms with Crippen LogP contribution in [-0.4, -0.2) is 50.7 Å². The topological polar surface area (TPSA) is 148 Å². The maximum absolute atomic E-state index is 13.9. The molecule has 4 saturated carbocycles. The van der Waals surface area contributed by atoms with Crippen molar-refractivity contribution in [3.8, 4) is 0 Å². The number of hydrogen-bond donors (Lipinski definition) is 3. The van der Waals surface area contributed by atoms with Crippen molar-refractivity contribution >= 4 is 40.2 Å². The number of hydrogen-bond acceptors (Lipinski definition) is 8. The molecule has 5 aliphatic rings. The van der Waals surface area contributed by atoms with Crippen molar-refractivity contribution in [2.24, 2.45) is 50.7 Å². The SMILES string of the molecule is Cc1nnc(NC(=O)N[C@@]23CC[C@]4(C)C(CCC5[C@@]6(C)CC[C@H](OC(=O)CC(C)(C)C(=O)O)C(C)(C)C6CC[C@]54C)C2=C(C(C)C)C(=O)C3)s1. The lowest BCUT2D eigenvalue weighted by molar-refractivity contribution is -0.232. The van der Waals surface area contributed by atoms with Gasteiger partial charge in [0, 0.05) is 11.8 Å². The largest absolute Gasteiger partial charge is 0.481 e. The molecule has 4 fully saturated rings. The number of rotatable bonds is 7. The molecule has 8 atom stereocenters. The van der Waals surface area contributed by atoms with Crippen molar-refractivity contribution in [3.63, 3.8) is 0 Å². The molecule has 50 heavy (non-hydrogen) atoms. The maximum atomic E-state index is 13.9. The molecule has 1 heterocycles. The first-order valence-corrected chi connectivity index (χ1v) is 19.5. The standard InChI is InChI=1S/C39H58N4O6S/c1-21(2)29-24(44)19-39(41-32(48)40-33-43-42-22(3)50-33)18-17-37(9)23(30(29)39)11-12-26-36(8)15-14-27(49-28(45)20-34(4,5)31(46)47)35(6,7)25(36)13-16-38(26,37)10/h21,23,25-27H,11-20H2,1-10H3,(H,46,47)(H2,40,41,43,48)/t23?,25?,26?,27-,36-,37+,38+,39+/m0/s1. The molecule has 1 aromatic heterocycles. The second kappa shape index (κ2) is 12.1. The summed E-state index contributed by atoms with van der Waals surface area (Å²) in [5, 5.41) is 25.2. The molecule has 6 rings (SSSR count). The number of carbonyl (C=O) groups is 4. The normalized spacial score (nSPS) is 37.7. The van der Waals surface area contributed by atoms with Crippen LogP contribution in [0.2, 0.25) is 0 Å². The summed E-state index contributed by atoms with van der Waals surface area (Å²) in [6, 6.07) is -0.334. The van der Waals surface area contributed by atoms with Gasteiger partial charge < -0.3 is 15.2 Å². The molecule has 10 nitrogen and oxygen atoms in total. The van der Waals surface area contributed by atoms with E-state index in [-0.39, 0.29) is 57.8 Å². The summed E-state index contributed by atoms with van der Waals surface area (Å²) in [6.07, 6.45) is 7.37. The number of aromatic nitrogens is 2. The average Bonchev–Trinajstić information content (AvgIpc) is 3.53. The Bertz CT molecular complexity index is 1630. The van der Waals surface area contributed by atoms with E-state index >= 15 is 0 Å². The molecular weight excluding hydrogens is 653 g/mol. The fourth-order valence-electron chi connectivity index (χ4n) is 12.3. The van der Waals surface area contributed by atoms with Crippen LogP contribution < -0.4 is 10.6 Å². The Morgan fingerprint density at radius 1 is 0.960 bits per heavy atom. The molecule has 0 radical (unpaired) electrons. The minimum atomic E-state index is -1.17. The number of carboxylic acid groups (broad SMARTS) is 1. The van der Waals surface area contributed by atoms with Crippen LogP contribution in [-0.2, 0) is 19.1 Å². The molecule has 0 spiro atoms. The first-order chi connectivity index (χ1) is 23.1. The Morgan fingerprint density at radius 2 is 1.66 bits per heavy atom. The van der Waals surface area contributed by atoms with Crippen LogP contribution >= 0.6 is 11.3 Å². The second-order valence-electron chi connectivity index (χ2n) is 18.7. The summed E-state index contributed by atoms with van der Waals surface area (Å²) in [5.41, 5.74) is -0.0237. The van der Waals surface area contributed by atoms with E-state index in [1.807, 2.05) is 6.92 Å². The van der Waals surface area contributed by atoms with Crippen LogP contribution in [0.25, 0.3) is 0 Å². The van der Waals surface area contributed by atoms with Crippen molar-refractivity contribution in [1.82, 2.24) is 15.5 Å². The Hall–Kier alpha value is -2.82. The van der Waals surface area contributed by atoms with E-state index < -0.39 is 22.9 Å². The van der Waals surface area contributed by atoms with Crippen LogP contribution in [0.4, 0.5) is 9.93 Å². The first-order valence-electron chi connectivity index (χ1n) is 18.7. The highest BCUT2D eigenvalue weighted by Gasteiger charge is 2.70. The van der Waals surface area contributed by atoms with Gasteiger partial charge in [-0.05, 0) is 123 Å². The zero-order valence-corrected chi connectivity index (χ0v) is 32.6. The molecular formula is C39H58N4O6S. The predicted molar refractivity (Wildman–Crippen MR) is 192 cm³/mol. The van der Waals surface area contributed by atoms with Crippen LogP contribution in [0, 0.1) is 57.7 Å². The summed E-state index contributed by atoms with van der Waals surface area (Å²) < 4.78 is 6.14. The summed E-state index contributed by atoms with van der Waals surface area (Å²) in [5.74, 6) is -0.204. The van der Waals surface area contributed by atoms with E-state index in [4.69, 9.17) is 4.74 Å². The Labute approximate surface area is 301 Å². The van der Waals surface area contributed by atoms with Gasteiger partial charge in [0.15, 0.2) is 5.78 Å². The number of nitrogens with one attached hydrogen (secondary N) is 2. The fraction of sp³-hybridized carbons (Fsp3) is 0.795. The van der Waals surface area contributed by atoms with Gasteiger partial charge >= 0.3 is 18.0 Å². The molecule has 1 aromatic rings. The Kier molecular flexibility index (Phi) is 8.96.